The van der Waals surface area contributed by atoms with Crippen LogP contribution in [-0.2, 0) is 29.6 Å². The average molecular weight is 397 g/mol. The number of amides is 1. The molecule has 2 atom stereocenters. The van der Waals surface area contributed by atoms with E-state index in [0.29, 0.717) is 24.8 Å². The molecule has 1 N–H and O–H groups in total. The van der Waals surface area contributed by atoms with Gasteiger partial charge in [0.25, 0.3) is 5.91 Å². The Kier molecular flexibility index (Phi) is 5.55. The van der Waals surface area contributed by atoms with Gasteiger partial charge in [0.05, 0.1) is 16.9 Å². The van der Waals surface area contributed by atoms with E-state index in [1.807, 2.05) is 0 Å². The van der Waals surface area contributed by atoms with Crippen molar-refractivity contribution in [3.8, 4) is 0 Å². The van der Waals surface area contributed by atoms with Crippen LogP contribution in [0.2, 0.25) is 0 Å². The highest BCUT2D eigenvalue weighted by Gasteiger charge is 2.45. The number of nitrogens with one attached hydrogen (secondary N) is 1. The number of hydrogen-bond acceptors (Lipinski definition) is 5. The molecule has 148 valence electrons. The maximum atomic E-state index is 13.3. The van der Waals surface area contributed by atoms with E-state index in [0.717, 1.165) is 12.8 Å². The number of ether oxygens (including phenoxy) is 1. The van der Waals surface area contributed by atoms with Crippen LogP contribution in [-0.4, -0.2) is 43.9 Å². The highest BCUT2D eigenvalue weighted by molar-refractivity contribution is 7.91. The summed E-state index contributed by atoms with van der Waals surface area (Å²) in [5.41, 5.74) is -0.167. The highest BCUT2D eigenvalue weighted by atomic mass is 32.2. The number of sulfone groups is 1. The first-order chi connectivity index (χ1) is 12.7. The minimum Gasteiger partial charge on any atom is -0.452 e. The second-order valence-electron chi connectivity index (χ2n) is 7.45. The van der Waals surface area contributed by atoms with Crippen LogP contribution in [0.15, 0.2) is 24.3 Å². The number of carbonyl (C=O) groups is 2. The Morgan fingerprint density at radius 2 is 1.85 bits per heavy atom. The number of esters is 1. The number of carbonyl (C=O) groups excluding carboxylic acids is 2. The molecule has 1 aliphatic carbocycles. The summed E-state index contributed by atoms with van der Waals surface area (Å²) in [5.74, 6) is -1.40. The zero-order valence-electron chi connectivity index (χ0n) is 15.2. The molecule has 6 nitrogen and oxygen atoms in total. The van der Waals surface area contributed by atoms with E-state index in [9.17, 15) is 22.4 Å². The Bertz CT molecular complexity index is 815. The predicted molar refractivity (Wildman–Crippen MR) is 97.3 cm³/mol. The molecule has 0 aromatic heterocycles. The predicted octanol–water partition coefficient (Wildman–Crippen LogP) is 1.87. The van der Waals surface area contributed by atoms with Gasteiger partial charge in [-0.3, -0.25) is 9.59 Å². The first-order valence-electron chi connectivity index (χ1n) is 9.20. The van der Waals surface area contributed by atoms with Gasteiger partial charge in [-0.2, -0.15) is 0 Å². The van der Waals surface area contributed by atoms with Gasteiger partial charge in [0.15, 0.2) is 15.9 Å². The third kappa shape index (κ3) is 4.31. The minimum absolute atomic E-state index is 0.0554. The molecule has 1 aliphatic heterocycles. The molecule has 0 radical (unpaired) electrons. The van der Waals surface area contributed by atoms with Crippen LogP contribution in [0.1, 0.15) is 44.6 Å². The lowest BCUT2D eigenvalue weighted by Crippen LogP contribution is -2.45. The van der Waals surface area contributed by atoms with Gasteiger partial charge in [-0.15, -0.1) is 0 Å². The second-order valence-corrected chi connectivity index (χ2v) is 9.68. The van der Waals surface area contributed by atoms with Crippen molar-refractivity contribution >= 4 is 21.7 Å². The van der Waals surface area contributed by atoms with Crippen LogP contribution in [0, 0.1) is 5.82 Å². The van der Waals surface area contributed by atoms with E-state index in [4.69, 9.17) is 4.74 Å². The summed E-state index contributed by atoms with van der Waals surface area (Å²) in [6.07, 6.45) is 2.23. The fraction of sp³-hybridized carbons (Fsp3) is 0.579. The monoisotopic (exact) mass is 397 g/mol. The van der Waals surface area contributed by atoms with E-state index in [1.165, 1.54) is 19.1 Å². The van der Waals surface area contributed by atoms with Crippen LogP contribution in [0.5, 0.6) is 0 Å². The van der Waals surface area contributed by atoms with Crippen molar-refractivity contribution in [1.82, 2.24) is 5.32 Å². The summed E-state index contributed by atoms with van der Waals surface area (Å²) >= 11 is 0. The zero-order valence-corrected chi connectivity index (χ0v) is 16.1. The maximum Gasteiger partial charge on any atom is 0.317 e. The Balaban J connectivity index is 1.67. The van der Waals surface area contributed by atoms with Gasteiger partial charge in [0.1, 0.15) is 5.82 Å². The molecule has 1 heterocycles. The summed E-state index contributed by atoms with van der Waals surface area (Å²) in [4.78, 5) is 25.2. The first kappa shape index (κ1) is 19.8. The van der Waals surface area contributed by atoms with Crippen LogP contribution >= 0.6 is 0 Å². The molecule has 0 bridgehead atoms. The SMILES string of the molecule is C[C@@H](OC(=O)C1(c2ccc(F)cc2)CCCC1)C(=O)N[C@@H]1CCS(=O)(=O)C1. The van der Waals surface area contributed by atoms with Crippen molar-refractivity contribution < 1.29 is 27.1 Å². The fourth-order valence-corrected chi connectivity index (χ4v) is 5.59. The van der Waals surface area contributed by atoms with Gasteiger partial charge in [-0.25, -0.2) is 12.8 Å². The Morgan fingerprint density at radius 3 is 2.41 bits per heavy atom. The molecular weight excluding hydrogens is 373 g/mol. The zero-order chi connectivity index (χ0) is 19.7. The van der Waals surface area contributed by atoms with Crippen molar-refractivity contribution in [2.24, 2.45) is 0 Å². The van der Waals surface area contributed by atoms with E-state index < -0.39 is 39.3 Å². The van der Waals surface area contributed by atoms with E-state index in [2.05, 4.69) is 5.32 Å². The number of halogens is 1. The maximum absolute atomic E-state index is 13.3. The van der Waals surface area contributed by atoms with Crippen molar-refractivity contribution in [2.45, 2.75) is 56.6 Å². The molecule has 27 heavy (non-hydrogen) atoms. The lowest BCUT2D eigenvalue weighted by atomic mass is 9.79. The number of benzene rings is 1. The number of hydrogen-bond donors (Lipinski definition) is 1. The summed E-state index contributed by atoms with van der Waals surface area (Å²) in [6, 6.07) is 5.38. The summed E-state index contributed by atoms with van der Waals surface area (Å²) in [5, 5.41) is 2.65. The van der Waals surface area contributed by atoms with Crippen molar-refractivity contribution in [2.75, 3.05) is 11.5 Å². The Labute approximate surface area is 158 Å². The van der Waals surface area contributed by atoms with E-state index in [-0.39, 0.29) is 17.3 Å². The number of rotatable bonds is 5. The molecule has 2 aliphatic rings. The van der Waals surface area contributed by atoms with Gasteiger partial charge in [0, 0.05) is 6.04 Å². The molecule has 8 heteroatoms. The summed E-state index contributed by atoms with van der Waals surface area (Å²) < 4.78 is 41.7. The van der Waals surface area contributed by atoms with Crippen LogP contribution in [0.3, 0.4) is 0 Å². The van der Waals surface area contributed by atoms with Crippen LogP contribution in [0.25, 0.3) is 0 Å². The Hall–Kier alpha value is -1.96. The lowest BCUT2D eigenvalue weighted by Gasteiger charge is -2.29. The van der Waals surface area contributed by atoms with Crippen LogP contribution < -0.4 is 5.32 Å². The third-order valence-electron chi connectivity index (χ3n) is 5.48. The third-order valence-corrected chi connectivity index (χ3v) is 7.24. The molecular formula is C19H24FNO5S. The van der Waals surface area contributed by atoms with E-state index >= 15 is 0 Å². The standard InChI is InChI=1S/C19H24FNO5S/c1-13(17(22)21-16-8-11-27(24,25)12-16)26-18(23)19(9-2-3-10-19)14-4-6-15(20)7-5-14/h4-7,13,16H,2-3,8-12H2,1H3,(H,21,22)/t13-,16-/m1/s1. The molecule has 0 spiro atoms. The van der Waals surface area contributed by atoms with Gasteiger partial charge < -0.3 is 10.1 Å². The first-order valence-corrected chi connectivity index (χ1v) is 11.0. The molecule has 2 fully saturated rings. The Morgan fingerprint density at radius 1 is 1.22 bits per heavy atom. The van der Waals surface area contributed by atoms with Gasteiger partial charge >= 0.3 is 5.97 Å². The van der Waals surface area contributed by atoms with E-state index in [1.54, 1.807) is 12.1 Å². The lowest BCUT2D eigenvalue weighted by molar-refractivity contribution is -0.160. The molecule has 3 rings (SSSR count). The summed E-state index contributed by atoms with van der Waals surface area (Å²) in [6.45, 7) is 1.48. The smallest absolute Gasteiger partial charge is 0.317 e. The van der Waals surface area contributed by atoms with Crippen molar-refractivity contribution in [3.05, 3.63) is 35.6 Å². The molecule has 1 aromatic carbocycles. The van der Waals surface area contributed by atoms with Gasteiger partial charge in [-0.05, 0) is 43.9 Å². The normalized spacial score (nSPS) is 24.3. The highest BCUT2D eigenvalue weighted by Crippen LogP contribution is 2.42. The molecule has 1 amide bonds. The molecule has 1 aromatic rings. The quantitative estimate of drug-likeness (QED) is 0.766. The topological polar surface area (TPSA) is 89.5 Å². The van der Waals surface area contributed by atoms with Gasteiger partial charge in [-0.1, -0.05) is 25.0 Å². The largest absolute Gasteiger partial charge is 0.452 e. The molecule has 1 saturated heterocycles. The summed E-state index contributed by atoms with van der Waals surface area (Å²) in [7, 11) is -3.11. The minimum atomic E-state index is -3.11. The average Bonchev–Trinajstić information content (AvgIpc) is 3.23. The molecule has 1 saturated carbocycles. The van der Waals surface area contributed by atoms with Crippen LogP contribution in [0.4, 0.5) is 4.39 Å². The van der Waals surface area contributed by atoms with Gasteiger partial charge in [0.2, 0.25) is 0 Å². The molecule has 0 unspecified atom stereocenters. The second kappa shape index (κ2) is 7.58. The fourth-order valence-electron chi connectivity index (χ4n) is 3.91. The van der Waals surface area contributed by atoms with Crippen molar-refractivity contribution in [3.63, 3.8) is 0 Å². The van der Waals surface area contributed by atoms with Crippen molar-refractivity contribution in [1.29, 1.82) is 0 Å².